The lowest BCUT2D eigenvalue weighted by atomic mass is 9.87. The van der Waals surface area contributed by atoms with Crippen molar-refractivity contribution in [2.45, 2.75) is 148 Å². The number of allylic oxidation sites excluding steroid dienone is 2. The van der Waals surface area contributed by atoms with E-state index in [4.69, 9.17) is 18.9 Å². The van der Waals surface area contributed by atoms with Gasteiger partial charge >= 0.3 is 6.09 Å². The highest BCUT2D eigenvalue weighted by atomic mass is 16.6. The first-order valence-electron chi connectivity index (χ1n) is 19.3. The molecule has 294 valence electrons. The Morgan fingerprint density at radius 2 is 1.69 bits per heavy atom. The quantitative estimate of drug-likeness (QED) is 0.0890. The molecule has 13 heteroatoms. The zero-order valence-corrected chi connectivity index (χ0v) is 32.4. The van der Waals surface area contributed by atoms with Gasteiger partial charge in [0, 0.05) is 45.1 Å². The summed E-state index contributed by atoms with van der Waals surface area (Å²) in [6.45, 7) is 16.1. The molecule has 4 rings (SSSR count). The molecule has 1 spiro atoms. The molecule has 0 aromatic heterocycles. The van der Waals surface area contributed by atoms with Crippen molar-refractivity contribution in [1.29, 1.82) is 0 Å². The van der Waals surface area contributed by atoms with Crippen LogP contribution in [0, 0.1) is 5.92 Å². The third-order valence-corrected chi connectivity index (χ3v) is 9.98. The molecular formula is C39H64N4O9. The van der Waals surface area contributed by atoms with Crippen LogP contribution >= 0.6 is 0 Å². The zero-order valence-electron chi connectivity index (χ0n) is 32.4. The Morgan fingerprint density at radius 3 is 2.35 bits per heavy atom. The molecule has 4 fully saturated rings. The second-order valence-electron chi connectivity index (χ2n) is 14.2. The lowest BCUT2D eigenvalue weighted by molar-refractivity contribution is -0.145. The van der Waals surface area contributed by atoms with Crippen molar-refractivity contribution in [2.75, 3.05) is 32.8 Å². The van der Waals surface area contributed by atoms with E-state index < -0.39 is 30.0 Å². The second kappa shape index (κ2) is 21.4. The monoisotopic (exact) mass is 732 g/mol. The number of carbonyl (C=O) groups is 4. The Bertz CT molecular complexity index is 1260. The highest BCUT2D eigenvalue weighted by molar-refractivity contribution is 5.87. The van der Waals surface area contributed by atoms with Gasteiger partial charge in [-0.1, -0.05) is 51.5 Å². The van der Waals surface area contributed by atoms with Crippen molar-refractivity contribution in [3.8, 4) is 0 Å². The topological polar surface area (TPSA) is 168 Å². The third kappa shape index (κ3) is 13.6. The van der Waals surface area contributed by atoms with E-state index in [0.29, 0.717) is 52.0 Å². The fraction of sp³-hybridized carbons (Fsp3) is 0.744. The molecular weight excluding hydrogens is 668 g/mol. The van der Waals surface area contributed by atoms with Crippen molar-refractivity contribution >= 4 is 23.8 Å². The molecule has 0 saturated carbocycles. The average molecular weight is 733 g/mol. The summed E-state index contributed by atoms with van der Waals surface area (Å²) < 4.78 is 23.6. The third-order valence-electron chi connectivity index (χ3n) is 9.98. The van der Waals surface area contributed by atoms with Crippen LogP contribution in [0.3, 0.4) is 0 Å². The first-order chi connectivity index (χ1) is 24.9. The minimum absolute atomic E-state index is 0.0240. The molecule has 4 amide bonds. The van der Waals surface area contributed by atoms with Crippen LogP contribution in [0.15, 0.2) is 36.0 Å². The van der Waals surface area contributed by atoms with Crippen molar-refractivity contribution in [3.05, 3.63) is 36.0 Å². The van der Waals surface area contributed by atoms with E-state index in [9.17, 15) is 24.3 Å². The number of epoxide rings is 1. The lowest BCUT2D eigenvalue weighted by Gasteiger charge is -2.39. The van der Waals surface area contributed by atoms with Crippen molar-refractivity contribution in [3.63, 3.8) is 0 Å². The van der Waals surface area contributed by atoms with Crippen LogP contribution in [0.4, 0.5) is 4.79 Å². The predicted molar refractivity (Wildman–Crippen MR) is 198 cm³/mol. The fourth-order valence-electron chi connectivity index (χ4n) is 6.74. The van der Waals surface area contributed by atoms with E-state index >= 15 is 0 Å². The van der Waals surface area contributed by atoms with Gasteiger partial charge in [0.15, 0.2) is 0 Å². The molecule has 0 radical (unpaired) electrons. The van der Waals surface area contributed by atoms with Crippen LogP contribution < -0.4 is 16.0 Å². The standard InChI is InChI=1S/C37H58N4O9.C2H6/c1-6-32(42)38-16-17-39-34(44)21-28-22-37(23-47-37)35(45)31(50-28)14-11-24(2)10-13-30-25(3)20-29(27(5)49-30)40-33(43)15-12-26(4)48-36(46)41-18-8-7-9-19-41;1-2/h10-12,14-15,25-31,35,45H,6-9,13,16-23H2,1-5H3,(H,38,42)(H,39,44)(H,40,43);1-2H3/b14-11+,15-12-,24-10+;/t25?,26?,27?,28-,29?,30?,31?,35-,37?;/m1./s1. The summed E-state index contributed by atoms with van der Waals surface area (Å²) in [7, 11) is 0. The maximum Gasteiger partial charge on any atom is 0.410 e. The molecule has 0 aliphatic carbocycles. The Hall–Kier alpha value is -3.26. The number of nitrogens with zero attached hydrogens (tertiary/aromatic N) is 1. The first-order valence-corrected chi connectivity index (χ1v) is 19.3. The Balaban J connectivity index is 0.00000358. The molecule has 0 bridgehead atoms. The summed E-state index contributed by atoms with van der Waals surface area (Å²) in [5.74, 6) is -0.293. The van der Waals surface area contributed by atoms with Crippen LogP contribution in [0.2, 0.25) is 0 Å². The van der Waals surface area contributed by atoms with Gasteiger partial charge in [-0.05, 0) is 64.9 Å². The Labute approximate surface area is 310 Å². The molecule has 7 unspecified atom stereocenters. The van der Waals surface area contributed by atoms with Gasteiger partial charge in [0.1, 0.15) is 23.9 Å². The van der Waals surface area contributed by atoms with E-state index in [2.05, 4.69) is 29.0 Å². The number of hydrogen-bond donors (Lipinski definition) is 4. The summed E-state index contributed by atoms with van der Waals surface area (Å²) in [5, 5.41) is 19.5. The summed E-state index contributed by atoms with van der Waals surface area (Å²) in [5.41, 5.74) is 0.297. The number of ether oxygens (including phenoxy) is 4. The van der Waals surface area contributed by atoms with Crippen molar-refractivity contribution < 1.29 is 43.2 Å². The zero-order chi connectivity index (χ0) is 38.3. The fourth-order valence-corrected chi connectivity index (χ4v) is 6.74. The van der Waals surface area contributed by atoms with Crippen LogP contribution in [-0.2, 0) is 33.3 Å². The minimum atomic E-state index is -0.836. The number of nitrogens with one attached hydrogen (secondary N) is 3. The summed E-state index contributed by atoms with van der Waals surface area (Å²) in [6, 6.07) is -0.145. The van der Waals surface area contributed by atoms with E-state index in [1.165, 1.54) is 6.08 Å². The number of hydrogen-bond acceptors (Lipinski definition) is 9. The van der Waals surface area contributed by atoms with Gasteiger partial charge in [-0.15, -0.1) is 0 Å². The summed E-state index contributed by atoms with van der Waals surface area (Å²) in [4.78, 5) is 50.6. The first kappa shape index (κ1) is 43.1. The number of aliphatic hydroxyl groups excluding tert-OH is 1. The normalized spacial score (nSPS) is 31.0. The molecule has 4 aliphatic heterocycles. The van der Waals surface area contributed by atoms with Gasteiger partial charge in [-0.3, -0.25) is 14.4 Å². The van der Waals surface area contributed by atoms with Crippen LogP contribution in [0.25, 0.3) is 0 Å². The predicted octanol–water partition coefficient (Wildman–Crippen LogP) is 4.09. The van der Waals surface area contributed by atoms with Gasteiger partial charge < -0.3 is 44.9 Å². The van der Waals surface area contributed by atoms with Crippen molar-refractivity contribution in [1.82, 2.24) is 20.9 Å². The van der Waals surface area contributed by atoms with Gasteiger partial charge in [0.25, 0.3) is 0 Å². The molecule has 0 aromatic rings. The summed E-state index contributed by atoms with van der Waals surface area (Å²) >= 11 is 0. The van der Waals surface area contributed by atoms with Gasteiger partial charge in [0.05, 0.1) is 37.4 Å². The Kier molecular flexibility index (Phi) is 17.8. The van der Waals surface area contributed by atoms with E-state index in [1.54, 1.807) is 24.8 Å². The maximum absolute atomic E-state index is 12.7. The molecule has 0 aromatic carbocycles. The smallest absolute Gasteiger partial charge is 0.410 e. The van der Waals surface area contributed by atoms with Gasteiger partial charge in [0.2, 0.25) is 17.7 Å². The van der Waals surface area contributed by atoms with Gasteiger partial charge in [-0.2, -0.15) is 0 Å². The molecule has 13 nitrogen and oxygen atoms in total. The maximum atomic E-state index is 12.7. The van der Waals surface area contributed by atoms with E-state index in [-0.39, 0.29) is 54.4 Å². The number of aliphatic hydroxyl groups is 1. The molecule has 4 saturated heterocycles. The van der Waals surface area contributed by atoms with Crippen LogP contribution in [0.5, 0.6) is 0 Å². The number of rotatable bonds is 14. The van der Waals surface area contributed by atoms with Crippen LogP contribution in [0.1, 0.15) is 99.8 Å². The molecule has 4 N–H and O–H groups in total. The second-order valence-corrected chi connectivity index (χ2v) is 14.2. The largest absolute Gasteiger partial charge is 0.442 e. The molecule has 52 heavy (non-hydrogen) atoms. The number of piperidine rings is 1. The Morgan fingerprint density at radius 1 is 1.02 bits per heavy atom. The van der Waals surface area contributed by atoms with Crippen LogP contribution in [-0.4, -0.2) is 115 Å². The molecule has 4 aliphatic rings. The number of carbonyl (C=O) groups excluding carboxylic acids is 4. The number of likely N-dealkylation sites (tertiary alicyclic amines) is 1. The van der Waals surface area contributed by atoms with Gasteiger partial charge in [-0.25, -0.2) is 4.79 Å². The highest BCUT2D eigenvalue weighted by Crippen LogP contribution is 2.43. The number of amides is 4. The average Bonchev–Trinajstić information content (AvgIpc) is 3.91. The minimum Gasteiger partial charge on any atom is -0.442 e. The highest BCUT2D eigenvalue weighted by Gasteiger charge is 2.58. The molecule has 4 heterocycles. The summed E-state index contributed by atoms with van der Waals surface area (Å²) in [6.07, 6.45) is 11.5. The SMILES string of the molecule is CC.CCC(=O)NCCNC(=O)C[C@@H]1CC2(CO2)[C@H](O)C(/C=C/C(C)=C/CC2OC(C)C(NC(=O)/C=C\C(C)OC(=O)N3CCCCC3)CC2C)O1. The molecule has 9 atom stereocenters. The lowest BCUT2D eigenvalue weighted by Crippen LogP contribution is -2.51. The van der Waals surface area contributed by atoms with Crippen molar-refractivity contribution in [2.24, 2.45) is 5.92 Å². The van der Waals surface area contributed by atoms with E-state index in [1.807, 2.05) is 39.8 Å². The van der Waals surface area contributed by atoms with E-state index in [0.717, 1.165) is 31.3 Å².